The van der Waals surface area contributed by atoms with Crippen molar-refractivity contribution in [3.63, 3.8) is 0 Å². The molecule has 24 heavy (non-hydrogen) atoms. The molecule has 3 heteroatoms. The largest absolute Gasteiger partial charge is 0.497 e. The molecule has 0 radical (unpaired) electrons. The lowest BCUT2D eigenvalue weighted by Crippen LogP contribution is -2.22. The minimum Gasteiger partial charge on any atom is -0.497 e. The molecular weight excluding hydrogens is 296 g/mol. The summed E-state index contributed by atoms with van der Waals surface area (Å²) in [5, 5.41) is 6.75. The van der Waals surface area contributed by atoms with E-state index in [9.17, 15) is 0 Å². The van der Waals surface area contributed by atoms with Crippen LogP contribution in [0.1, 0.15) is 25.0 Å². The van der Waals surface area contributed by atoms with Crippen molar-refractivity contribution in [3.05, 3.63) is 65.2 Å². The van der Waals surface area contributed by atoms with E-state index in [1.165, 1.54) is 22.4 Å². The van der Waals surface area contributed by atoms with Crippen LogP contribution in [0.15, 0.2) is 54.1 Å². The van der Waals surface area contributed by atoms with E-state index in [0.29, 0.717) is 0 Å². The number of likely N-dealkylation sites (N-methyl/N-ethyl adjacent to an activating group) is 1. The van der Waals surface area contributed by atoms with Crippen molar-refractivity contribution in [1.82, 2.24) is 5.32 Å². The first kappa shape index (κ1) is 18.1. The standard InChI is InChI=1S/C12H16N2.C9H12O/c1-2-13-8-10-7-11-5-3-4-6-12(11)14-9-10;1-3-8-5-4-6-9(7-8)10-2/h3-7,13-14H,2,8-9H2,1H3;4-7H,3H2,1-2H3. The number of ether oxygens (including phenoxy) is 1. The Bertz CT molecular complexity index is 645. The molecule has 0 saturated carbocycles. The average Bonchev–Trinajstić information content (AvgIpc) is 2.66. The number of rotatable bonds is 5. The first-order chi connectivity index (χ1) is 11.8. The zero-order valence-corrected chi connectivity index (χ0v) is 14.9. The van der Waals surface area contributed by atoms with Gasteiger partial charge in [0.1, 0.15) is 5.75 Å². The van der Waals surface area contributed by atoms with Gasteiger partial charge < -0.3 is 15.4 Å². The average molecular weight is 324 g/mol. The third-order valence-corrected chi connectivity index (χ3v) is 3.97. The molecule has 1 aliphatic heterocycles. The van der Waals surface area contributed by atoms with Gasteiger partial charge in [0.2, 0.25) is 0 Å². The summed E-state index contributed by atoms with van der Waals surface area (Å²) >= 11 is 0. The Morgan fingerprint density at radius 2 is 1.92 bits per heavy atom. The minimum atomic E-state index is 0.944. The van der Waals surface area contributed by atoms with Crippen molar-refractivity contribution in [3.8, 4) is 5.75 Å². The Morgan fingerprint density at radius 1 is 1.08 bits per heavy atom. The van der Waals surface area contributed by atoms with E-state index in [-0.39, 0.29) is 0 Å². The van der Waals surface area contributed by atoms with Crippen LogP contribution in [0.5, 0.6) is 5.75 Å². The molecule has 3 nitrogen and oxygen atoms in total. The highest BCUT2D eigenvalue weighted by atomic mass is 16.5. The Kier molecular flexibility index (Phi) is 7.37. The normalized spacial score (nSPS) is 12.2. The molecule has 2 aromatic carbocycles. The molecule has 2 N–H and O–H groups in total. The molecule has 0 spiro atoms. The van der Waals surface area contributed by atoms with Gasteiger partial charge in [-0.15, -0.1) is 0 Å². The molecule has 2 aromatic rings. The number of fused-ring (bicyclic) bond motifs is 1. The van der Waals surface area contributed by atoms with E-state index >= 15 is 0 Å². The van der Waals surface area contributed by atoms with Crippen molar-refractivity contribution >= 4 is 11.8 Å². The maximum Gasteiger partial charge on any atom is 0.119 e. The molecule has 1 heterocycles. The predicted molar refractivity (Wildman–Crippen MR) is 104 cm³/mol. The second-order valence-corrected chi connectivity index (χ2v) is 5.73. The Morgan fingerprint density at radius 3 is 2.67 bits per heavy atom. The van der Waals surface area contributed by atoms with E-state index < -0.39 is 0 Å². The summed E-state index contributed by atoms with van der Waals surface area (Å²) < 4.78 is 5.06. The first-order valence-electron chi connectivity index (χ1n) is 8.62. The summed E-state index contributed by atoms with van der Waals surface area (Å²) in [5.41, 5.74) is 5.28. The molecule has 0 amide bonds. The number of nitrogens with one attached hydrogen (secondary N) is 2. The van der Waals surface area contributed by atoms with Crippen LogP contribution in [0.4, 0.5) is 5.69 Å². The van der Waals surface area contributed by atoms with Crippen LogP contribution in [0.25, 0.3) is 6.08 Å². The quantitative estimate of drug-likeness (QED) is 0.857. The third kappa shape index (κ3) is 5.43. The summed E-state index contributed by atoms with van der Waals surface area (Å²) in [6, 6.07) is 16.5. The van der Waals surface area contributed by atoms with Crippen molar-refractivity contribution in [2.24, 2.45) is 0 Å². The number of hydrogen-bond donors (Lipinski definition) is 2. The van der Waals surface area contributed by atoms with E-state index in [2.05, 4.69) is 67.0 Å². The topological polar surface area (TPSA) is 33.3 Å². The number of methoxy groups -OCH3 is 1. The summed E-state index contributed by atoms with van der Waals surface area (Å²) in [4.78, 5) is 0. The van der Waals surface area contributed by atoms with Gasteiger partial charge in [0.25, 0.3) is 0 Å². The Balaban J connectivity index is 0.000000185. The Labute approximate surface area is 145 Å². The number of aryl methyl sites for hydroxylation is 1. The van der Waals surface area contributed by atoms with Gasteiger partial charge >= 0.3 is 0 Å². The number of para-hydroxylation sites is 1. The summed E-state index contributed by atoms with van der Waals surface area (Å²) in [7, 11) is 1.69. The maximum atomic E-state index is 5.06. The molecule has 128 valence electrons. The van der Waals surface area contributed by atoms with Gasteiger partial charge in [0, 0.05) is 18.8 Å². The van der Waals surface area contributed by atoms with Gasteiger partial charge in [0.15, 0.2) is 0 Å². The van der Waals surface area contributed by atoms with Crippen LogP contribution in [-0.2, 0) is 6.42 Å². The fraction of sp³-hybridized carbons (Fsp3) is 0.333. The number of hydrogen-bond acceptors (Lipinski definition) is 3. The molecule has 0 atom stereocenters. The van der Waals surface area contributed by atoms with Gasteiger partial charge in [0.05, 0.1) is 7.11 Å². The molecule has 0 aromatic heterocycles. The van der Waals surface area contributed by atoms with Gasteiger partial charge in [-0.2, -0.15) is 0 Å². The fourth-order valence-corrected chi connectivity index (χ4v) is 2.56. The van der Waals surface area contributed by atoms with Gasteiger partial charge in [-0.25, -0.2) is 0 Å². The zero-order chi connectivity index (χ0) is 17.2. The summed E-state index contributed by atoms with van der Waals surface area (Å²) in [6.45, 7) is 7.24. The summed E-state index contributed by atoms with van der Waals surface area (Å²) in [5.74, 6) is 0.944. The summed E-state index contributed by atoms with van der Waals surface area (Å²) in [6.07, 6.45) is 3.34. The zero-order valence-electron chi connectivity index (χ0n) is 14.9. The van der Waals surface area contributed by atoms with E-state index in [1.807, 2.05) is 12.1 Å². The highest BCUT2D eigenvalue weighted by Gasteiger charge is 2.07. The monoisotopic (exact) mass is 324 g/mol. The molecular formula is C21H28N2O. The molecule has 0 bridgehead atoms. The van der Waals surface area contributed by atoms with Crippen molar-refractivity contribution in [1.29, 1.82) is 0 Å². The van der Waals surface area contributed by atoms with Crippen LogP contribution in [0.2, 0.25) is 0 Å². The lowest BCUT2D eigenvalue weighted by atomic mass is 10.0. The van der Waals surface area contributed by atoms with E-state index in [1.54, 1.807) is 7.11 Å². The van der Waals surface area contributed by atoms with Crippen LogP contribution in [0, 0.1) is 0 Å². The van der Waals surface area contributed by atoms with E-state index in [4.69, 9.17) is 4.74 Å². The molecule has 0 saturated heterocycles. The van der Waals surface area contributed by atoms with Gasteiger partial charge in [-0.05, 0) is 47.9 Å². The molecule has 0 unspecified atom stereocenters. The first-order valence-corrected chi connectivity index (χ1v) is 8.62. The van der Waals surface area contributed by atoms with Gasteiger partial charge in [-0.1, -0.05) is 50.3 Å². The van der Waals surface area contributed by atoms with Crippen LogP contribution in [-0.4, -0.2) is 26.7 Å². The van der Waals surface area contributed by atoms with Crippen molar-refractivity contribution in [2.75, 3.05) is 32.1 Å². The number of benzene rings is 2. The maximum absolute atomic E-state index is 5.06. The SMILES string of the molecule is CCNCC1=Cc2ccccc2NC1.CCc1cccc(OC)c1. The van der Waals surface area contributed by atoms with E-state index in [0.717, 1.165) is 31.8 Å². The van der Waals surface area contributed by atoms with Crippen LogP contribution >= 0.6 is 0 Å². The Hall–Kier alpha value is -2.26. The smallest absolute Gasteiger partial charge is 0.119 e. The molecule has 0 fully saturated rings. The highest BCUT2D eigenvalue weighted by molar-refractivity contribution is 5.72. The predicted octanol–water partition coefficient (Wildman–Crippen LogP) is 4.36. The minimum absolute atomic E-state index is 0.944. The lowest BCUT2D eigenvalue weighted by Gasteiger charge is -2.18. The van der Waals surface area contributed by atoms with Crippen molar-refractivity contribution in [2.45, 2.75) is 20.3 Å². The molecule has 0 aliphatic carbocycles. The molecule has 1 aliphatic rings. The van der Waals surface area contributed by atoms with Crippen LogP contribution in [0.3, 0.4) is 0 Å². The van der Waals surface area contributed by atoms with Gasteiger partial charge in [-0.3, -0.25) is 0 Å². The molecule has 3 rings (SSSR count). The third-order valence-electron chi connectivity index (χ3n) is 3.97. The lowest BCUT2D eigenvalue weighted by molar-refractivity contribution is 0.414. The van der Waals surface area contributed by atoms with Crippen molar-refractivity contribution < 1.29 is 4.74 Å². The number of anilines is 1. The second kappa shape index (κ2) is 9.78. The second-order valence-electron chi connectivity index (χ2n) is 5.73. The highest BCUT2D eigenvalue weighted by Crippen LogP contribution is 2.22. The van der Waals surface area contributed by atoms with Crippen LogP contribution < -0.4 is 15.4 Å². The fourth-order valence-electron chi connectivity index (χ4n) is 2.56.